The minimum absolute atomic E-state index is 0.353. The van der Waals surface area contributed by atoms with Crippen LogP contribution in [0.1, 0.15) is 17.0 Å². The summed E-state index contributed by atoms with van der Waals surface area (Å²) in [5.74, 6) is 1.40. The smallest absolute Gasteiger partial charge is 0.379 e. The van der Waals surface area contributed by atoms with Crippen molar-refractivity contribution in [3.05, 3.63) is 76.9 Å². The van der Waals surface area contributed by atoms with Crippen molar-refractivity contribution in [3.8, 4) is 11.1 Å². The number of ether oxygens (including phenoxy) is 1. The number of alkyl halides is 3. The molecule has 0 radical (unpaired) electrons. The van der Waals surface area contributed by atoms with Crippen molar-refractivity contribution in [1.29, 1.82) is 0 Å². The average molecular weight is 485 g/mol. The van der Waals surface area contributed by atoms with Gasteiger partial charge in [-0.1, -0.05) is 42.5 Å². The lowest BCUT2D eigenvalue weighted by Crippen LogP contribution is -2.36. The van der Waals surface area contributed by atoms with Crippen molar-refractivity contribution in [2.75, 3.05) is 31.6 Å². The summed E-state index contributed by atoms with van der Waals surface area (Å²) in [7, 11) is 0. The number of fused-ring (bicyclic) bond motifs is 1. The molecule has 3 heterocycles. The van der Waals surface area contributed by atoms with Gasteiger partial charge in [-0.2, -0.15) is 13.2 Å². The first-order valence-electron chi connectivity index (χ1n) is 11.0. The molecule has 176 valence electrons. The zero-order valence-corrected chi connectivity index (χ0v) is 19.1. The molecule has 5 nitrogen and oxygen atoms in total. The van der Waals surface area contributed by atoms with Crippen LogP contribution in [0.25, 0.3) is 21.3 Å². The Balaban J connectivity index is 1.47. The predicted molar refractivity (Wildman–Crippen MR) is 128 cm³/mol. The van der Waals surface area contributed by atoms with Crippen LogP contribution in [-0.2, 0) is 24.0 Å². The third-order valence-corrected chi connectivity index (χ3v) is 6.65. The number of benzene rings is 2. The van der Waals surface area contributed by atoms with Gasteiger partial charge < -0.3 is 10.1 Å². The van der Waals surface area contributed by atoms with Crippen LogP contribution >= 0.6 is 11.3 Å². The van der Waals surface area contributed by atoms with E-state index in [9.17, 15) is 13.2 Å². The van der Waals surface area contributed by atoms with Crippen molar-refractivity contribution in [3.63, 3.8) is 0 Å². The molecule has 1 fully saturated rings. The van der Waals surface area contributed by atoms with Crippen LogP contribution in [0.15, 0.2) is 60.0 Å². The molecular formula is C25H23F3N4OS. The molecule has 1 N–H and O–H groups in total. The first-order chi connectivity index (χ1) is 16.5. The molecule has 0 aliphatic carbocycles. The summed E-state index contributed by atoms with van der Waals surface area (Å²) in [5.41, 5.74) is 2.19. The van der Waals surface area contributed by atoms with E-state index in [1.807, 2.05) is 30.3 Å². The van der Waals surface area contributed by atoms with Crippen LogP contribution in [0.3, 0.4) is 0 Å². The Morgan fingerprint density at radius 1 is 0.971 bits per heavy atom. The SMILES string of the molecule is FC(F)(F)c1ccc(CNc2nc(CN3CCOCC3)nc3scc(-c4ccccc4)c23)cc1. The van der Waals surface area contributed by atoms with Crippen LogP contribution in [0.4, 0.5) is 19.0 Å². The summed E-state index contributed by atoms with van der Waals surface area (Å²) in [6.07, 6.45) is -4.35. The van der Waals surface area contributed by atoms with Crippen molar-refractivity contribution in [2.24, 2.45) is 0 Å². The fourth-order valence-electron chi connectivity index (χ4n) is 3.97. The van der Waals surface area contributed by atoms with Gasteiger partial charge in [0, 0.05) is 30.6 Å². The zero-order valence-electron chi connectivity index (χ0n) is 18.3. The van der Waals surface area contributed by atoms with Gasteiger partial charge in [0.05, 0.1) is 30.7 Å². The number of nitrogens with zero attached hydrogens (tertiary/aromatic N) is 3. The van der Waals surface area contributed by atoms with Crippen LogP contribution in [0.5, 0.6) is 0 Å². The molecule has 2 aromatic carbocycles. The van der Waals surface area contributed by atoms with Gasteiger partial charge in [0.15, 0.2) is 0 Å². The maximum Gasteiger partial charge on any atom is 0.416 e. The maximum absolute atomic E-state index is 12.9. The number of nitrogens with one attached hydrogen (secondary N) is 1. The van der Waals surface area contributed by atoms with Gasteiger partial charge >= 0.3 is 6.18 Å². The Kier molecular flexibility index (Phi) is 6.49. The quantitative estimate of drug-likeness (QED) is 0.374. The van der Waals surface area contributed by atoms with Crippen LogP contribution in [0.2, 0.25) is 0 Å². The molecule has 0 amide bonds. The topological polar surface area (TPSA) is 50.3 Å². The lowest BCUT2D eigenvalue weighted by Gasteiger charge is -2.25. The van der Waals surface area contributed by atoms with Gasteiger partial charge in [0.25, 0.3) is 0 Å². The average Bonchev–Trinajstić information content (AvgIpc) is 3.28. The van der Waals surface area contributed by atoms with Crippen molar-refractivity contribution in [2.45, 2.75) is 19.3 Å². The highest BCUT2D eigenvalue weighted by Crippen LogP contribution is 2.37. The molecule has 1 aliphatic heterocycles. The number of rotatable bonds is 6. The second-order valence-corrected chi connectivity index (χ2v) is 8.98. The zero-order chi connectivity index (χ0) is 23.5. The van der Waals surface area contributed by atoms with Gasteiger partial charge in [-0.15, -0.1) is 11.3 Å². The van der Waals surface area contributed by atoms with E-state index >= 15 is 0 Å². The highest BCUT2D eigenvalue weighted by molar-refractivity contribution is 7.17. The van der Waals surface area contributed by atoms with Gasteiger partial charge in [0.1, 0.15) is 16.5 Å². The second-order valence-electron chi connectivity index (χ2n) is 8.12. The molecular weight excluding hydrogens is 461 g/mol. The van der Waals surface area contributed by atoms with Crippen molar-refractivity contribution < 1.29 is 17.9 Å². The fraction of sp³-hybridized carbons (Fsp3) is 0.280. The Morgan fingerprint density at radius 2 is 1.71 bits per heavy atom. The molecule has 1 saturated heterocycles. The predicted octanol–water partition coefficient (Wildman–Crippen LogP) is 5.82. The van der Waals surface area contributed by atoms with Crippen molar-refractivity contribution >= 4 is 27.4 Å². The molecule has 34 heavy (non-hydrogen) atoms. The number of hydrogen-bond acceptors (Lipinski definition) is 6. The Bertz CT molecular complexity index is 1250. The number of thiophene rings is 1. The molecule has 0 bridgehead atoms. The lowest BCUT2D eigenvalue weighted by atomic mass is 10.1. The van der Waals surface area contributed by atoms with Gasteiger partial charge in [0.2, 0.25) is 0 Å². The fourth-order valence-corrected chi connectivity index (χ4v) is 4.94. The molecule has 0 saturated carbocycles. The number of morpholine rings is 1. The summed E-state index contributed by atoms with van der Waals surface area (Å²) >= 11 is 1.57. The normalized spacial score (nSPS) is 15.0. The standard InChI is InChI=1S/C25H23F3N4OS/c26-25(27,28)19-8-6-17(7-9-19)14-29-23-22-20(18-4-2-1-3-5-18)16-34-24(22)31-21(30-23)15-32-10-12-33-13-11-32/h1-9,16H,10-15H2,(H,29,30,31). The highest BCUT2D eigenvalue weighted by Gasteiger charge is 2.30. The van der Waals surface area contributed by atoms with E-state index in [1.165, 1.54) is 12.1 Å². The van der Waals surface area contributed by atoms with Gasteiger partial charge in [-0.05, 0) is 23.3 Å². The molecule has 2 aromatic heterocycles. The number of anilines is 1. The van der Waals surface area contributed by atoms with E-state index in [0.717, 1.165) is 52.1 Å². The highest BCUT2D eigenvalue weighted by atomic mass is 32.1. The summed E-state index contributed by atoms with van der Waals surface area (Å²) in [6, 6.07) is 15.2. The summed E-state index contributed by atoms with van der Waals surface area (Å²) in [4.78, 5) is 12.8. The number of aromatic nitrogens is 2. The third-order valence-electron chi connectivity index (χ3n) is 5.77. The van der Waals surface area contributed by atoms with E-state index in [4.69, 9.17) is 14.7 Å². The first kappa shape index (κ1) is 22.8. The first-order valence-corrected chi connectivity index (χ1v) is 11.9. The molecule has 0 unspecified atom stereocenters. The van der Waals surface area contributed by atoms with E-state index < -0.39 is 11.7 Å². The molecule has 5 rings (SSSR count). The van der Waals surface area contributed by atoms with E-state index in [2.05, 4.69) is 15.6 Å². The number of halogens is 3. The van der Waals surface area contributed by atoms with Gasteiger partial charge in [-0.3, -0.25) is 4.90 Å². The number of hydrogen-bond donors (Lipinski definition) is 1. The molecule has 0 spiro atoms. The molecule has 1 aliphatic rings. The minimum atomic E-state index is -4.35. The van der Waals surface area contributed by atoms with Gasteiger partial charge in [-0.25, -0.2) is 9.97 Å². The van der Waals surface area contributed by atoms with E-state index in [1.54, 1.807) is 11.3 Å². The lowest BCUT2D eigenvalue weighted by molar-refractivity contribution is -0.137. The molecule has 0 atom stereocenters. The minimum Gasteiger partial charge on any atom is -0.379 e. The van der Waals surface area contributed by atoms with Crippen molar-refractivity contribution in [1.82, 2.24) is 14.9 Å². The van der Waals surface area contributed by atoms with E-state index in [-0.39, 0.29) is 0 Å². The Morgan fingerprint density at radius 3 is 2.41 bits per heavy atom. The van der Waals surface area contributed by atoms with Crippen LogP contribution in [-0.4, -0.2) is 41.2 Å². The largest absolute Gasteiger partial charge is 0.416 e. The third kappa shape index (κ3) is 5.06. The van der Waals surface area contributed by atoms with Crippen LogP contribution in [0, 0.1) is 0 Å². The Hall–Kier alpha value is -3.01. The summed E-state index contributed by atoms with van der Waals surface area (Å²) in [6.45, 7) is 4.01. The van der Waals surface area contributed by atoms with Crippen LogP contribution < -0.4 is 5.32 Å². The monoisotopic (exact) mass is 484 g/mol. The molecule has 9 heteroatoms. The van der Waals surface area contributed by atoms with E-state index in [0.29, 0.717) is 37.9 Å². The summed E-state index contributed by atoms with van der Waals surface area (Å²) in [5, 5.41) is 6.37. The maximum atomic E-state index is 12.9. The Labute approximate surface area is 199 Å². The second kappa shape index (κ2) is 9.69. The molecule has 4 aromatic rings. The summed E-state index contributed by atoms with van der Waals surface area (Å²) < 4.78 is 44.2.